The minimum atomic E-state index is 0. The number of hydrogen-bond acceptors (Lipinski definition) is 2. The Kier molecular flexibility index (Phi) is 8.10. The van der Waals surface area contributed by atoms with Crippen LogP contribution in [0.4, 0.5) is 0 Å². The molecule has 3 nitrogen and oxygen atoms in total. The predicted octanol–water partition coefficient (Wildman–Crippen LogP) is 0.454. The number of hydrogen-bond donors (Lipinski definition) is 0. The van der Waals surface area contributed by atoms with Gasteiger partial charge >= 0.3 is 0 Å². The summed E-state index contributed by atoms with van der Waals surface area (Å²) in [6.45, 7) is 4.03. The van der Waals surface area contributed by atoms with Crippen molar-refractivity contribution in [1.82, 2.24) is 14.8 Å². The summed E-state index contributed by atoms with van der Waals surface area (Å²) >= 11 is 0. The fourth-order valence-corrected chi connectivity index (χ4v) is 0.397. The van der Waals surface area contributed by atoms with Crippen molar-refractivity contribution in [2.75, 3.05) is 0 Å². The van der Waals surface area contributed by atoms with Crippen molar-refractivity contribution >= 4 is 0 Å². The largest absolute Gasteiger partial charge is 0.638 e. The van der Waals surface area contributed by atoms with Crippen LogP contribution < -0.4 is 0 Å². The SMILES string of the molecule is CC(C)n1[c-]n[c-]n1.[Re].[Re]. The van der Waals surface area contributed by atoms with Gasteiger partial charge in [0.1, 0.15) is 0 Å². The molecule has 0 saturated heterocycles. The van der Waals surface area contributed by atoms with Crippen molar-refractivity contribution in [1.29, 1.82) is 0 Å². The molecule has 0 aliphatic carbocycles. The molecule has 0 amide bonds. The van der Waals surface area contributed by atoms with Crippen molar-refractivity contribution in [3.8, 4) is 0 Å². The molecule has 1 rings (SSSR count). The van der Waals surface area contributed by atoms with E-state index in [1.54, 1.807) is 4.68 Å². The molecule has 0 aromatic carbocycles. The van der Waals surface area contributed by atoms with Gasteiger partial charge in [0.2, 0.25) is 0 Å². The molecular weight excluding hydrogens is 474 g/mol. The molecule has 0 aliphatic rings. The maximum absolute atomic E-state index is 3.74. The maximum atomic E-state index is 3.74. The fourth-order valence-electron chi connectivity index (χ4n) is 0.397. The fraction of sp³-hybridized carbons (Fsp3) is 0.600. The molecule has 2 radical (unpaired) electrons. The van der Waals surface area contributed by atoms with Crippen LogP contribution in [0.3, 0.4) is 0 Å². The summed E-state index contributed by atoms with van der Waals surface area (Å²) in [6, 6.07) is 0.341. The second-order valence-electron chi connectivity index (χ2n) is 1.85. The van der Waals surface area contributed by atoms with Crippen LogP contribution in [0.15, 0.2) is 0 Å². The predicted molar refractivity (Wildman–Crippen MR) is 28.1 cm³/mol. The van der Waals surface area contributed by atoms with Crippen molar-refractivity contribution in [3.63, 3.8) is 0 Å². The molecule has 10 heavy (non-hydrogen) atoms. The third-order valence-corrected chi connectivity index (χ3v) is 0.844. The van der Waals surface area contributed by atoms with Gasteiger partial charge in [-0.15, -0.1) is 0 Å². The second-order valence-corrected chi connectivity index (χ2v) is 1.85. The second kappa shape index (κ2) is 6.19. The Hall–Kier alpha value is 0.465. The number of nitrogens with zero attached hydrogens (tertiary/aromatic N) is 3. The average Bonchev–Trinajstić information content (AvgIpc) is 2.12. The van der Waals surface area contributed by atoms with Gasteiger partial charge in [-0.3, -0.25) is 6.33 Å². The van der Waals surface area contributed by atoms with Crippen LogP contribution in [0.5, 0.6) is 0 Å². The molecule has 5 heteroatoms. The molecule has 1 aromatic rings. The Balaban J connectivity index is 0. The summed E-state index contributed by atoms with van der Waals surface area (Å²) in [5.41, 5.74) is 0. The van der Waals surface area contributed by atoms with Gasteiger partial charge in [0.25, 0.3) is 0 Å². The van der Waals surface area contributed by atoms with Crippen LogP contribution in [-0.2, 0) is 40.8 Å². The van der Waals surface area contributed by atoms with Crippen LogP contribution >= 0.6 is 0 Å². The van der Waals surface area contributed by atoms with E-state index in [0.717, 1.165) is 0 Å². The van der Waals surface area contributed by atoms with Crippen LogP contribution in [0, 0.1) is 12.7 Å². The normalized spacial score (nSPS) is 8.30. The van der Waals surface area contributed by atoms with Crippen LogP contribution in [0.2, 0.25) is 0 Å². The Morgan fingerprint density at radius 1 is 1.30 bits per heavy atom. The molecule has 0 aliphatic heterocycles. The van der Waals surface area contributed by atoms with Gasteiger partial charge in [0.05, 0.1) is 0 Å². The minimum Gasteiger partial charge on any atom is -0.638 e. The third kappa shape index (κ3) is 3.59. The molecule has 0 bridgehead atoms. The number of rotatable bonds is 1. The van der Waals surface area contributed by atoms with E-state index in [1.165, 1.54) is 0 Å². The van der Waals surface area contributed by atoms with Gasteiger partial charge in [0.15, 0.2) is 0 Å². The Morgan fingerprint density at radius 2 is 1.90 bits per heavy atom. The minimum absolute atomic E-state index is 0. The summed E-state index contributed by atoms with van der Waals surface area (Å²) in [7, 11) is 0. The Morgan fingerprint density at radius 3 is 2.10 bits per heavy atom. The maximum Gasteiger partial charge on any atom is 0.00848 e. The quantitative estimate of drug-likeness (QED) is 0.546. The molecule has 1 aromatic heterocycles. The van der Waals surface area contributed by atoms with Crippen molar-refractivity contribution in [3.05, 3.63) is 12.7 Å². The third-order valence-electron chi connectivity index (χ3n) is 0.844. The van der Waals surface area contributed by atoms with Gasteiger partial charge in [0, 0.05) is 46.9 Å². The van der Waals surface area contributed by atoms with Crippen LogP contribution in [0.25, 0.3) is 0 Å². The molecule has 0 saturated carbocycles. The van der Waals surface area contributed by atoms with E-state index in [-0.39, 0.29) is 40.8 Å². The smallest absolute Gasteiger partial charge is 0.00848 e. The summed E-state index contributed by atoms with van der Waals surface area (Å²) in [5, 5.41) is 3.74. The Bertz CT molecular complexity index is 150. The van der Waals surface area contributed by atoms with Gasteiger partial charge in [-0.2, -0.15) is 0 Å². The topological polar surface area (TPSA) is 30.7 Å². The van der Waals surface area contributed by atoms with E-state index < -0.39 is 0 Å². The van der Waals surface area contributed by atoms with Crippen LogP contribution in [0.1, 0.15) is 19.9 Å². The molecule has 0 spiro atoms. The van der Waals surface area contributed by atoms with E-state index in [9.17, 15) is 0 Å². The van der Waals surface area contributed by atoms with E-state index in [0.29, 0.717) is 6.04 Å². The molecule has 0 fully saturated rings. The summed E-state index contributed by atoms with van der Waals surface area (Å²) in [6.07, 6.45) is 5.06. The van der Waals surface area contributed by atoms with E-state index in [4.69, 9.17) is 0 Å². The van der Waals surface area contributed by atoms with E-state index in [2.05, 4.69) is 22.7 Å². The van der Waals surface area contributed by atoms with Gasteiger partial charge in [-0.05, 0) is 13.8 Å². The zero-order chi connectivity index (χ0) is 5.98. The van der Waals surface area contributed by atoms with Gasteiger partial charge < -0.3 is 21.1 Å². The zero-order valence-electron chi connectivity index (χ0n) is 5.67. The van der Waals surface area contributed by atoms with Crippen molar-refractivity contribution in [2.24, 2.45) is 0 Å². The first-order valence-corrected chi connectivity index (χ1v) is 2.51. The first kappa shape index (κ1) is 13.1. The zero-order valence-corrected chi connectivity index (χ0v) is 11.1. The Labute approximate surface area is 87.9 Å². The number of aromatic nitrogens is 3. The van der Waals surface area contributed by atoms with Crippen molar-refractivity contribution in [2.45, 2.75) is 19.9 Å². The summed E-state index contributed by atoms with van der Waals surface area (Å²) in [5.74, 6) is 0. The van der Waals surface area contributed by atoms with E-state index >= 15 is 0 Å². The molecule has 0 unspecified atom stereocenters. The van der Waals surface area contributed by atoms with Crippen molar-refractivity contribution < 1.29 is 40.8 Å². The summed E-state index contributed by atoms with van der Waals surface area (Å²) < 4.78 is 1.62. The van der Waals surface area contributed by atoms with E-state index in [1.807, 2.05) is 13.8 Å². The molecule has 0 N–H and O–H groups in total. The van der Waals surface area contributed by atoms with Crippen LogP contribution in [-0.4, -0.2) is 14.8 Å². The molecular formula is C5H7N3Re2-2. The summed E-state index contributed by atoms with van der Waals surface area (Å²) in [4.78, 5) is 3.55. The molecule has 58 valence electrons. The standard InChI is InChI=1S/C5H7N3.2Re/c1-5(2)8-4-6-3-7-8;;/h5H,1-2H3;;/q-2;;. The van der Waals surface area contributed by atoms with Gasteiger partial charge in [-0.25, -0.2) is 0 Å². The average molecular weight is 482 g/mol. The first-order valence-electron chi connectivity index (χ1n) is 2.51. The first-order chi connectivity index (χ1) is 3.80. The van der Waals surface area contributed by atoms with Gasteiger partial charge in [-0.1, -0.05) is 0 Å². The molecule has 1 heterocycles. The monoisotopic (exact) mass is 483 g/mol. The molecule has 0 atom stereocenters.